The second kappa shape index (κ2) is 14.4. The van der Waals surface area contributed by atoms with Crippen LogP contribution in [0.1, 0.15) is 106 Å². The molecule has 0 amide bonds. The molecule has 0 saturated heterocycles. The summed E-state index contributed by atoms with van der Waals surface area (Å²) >= 11 is 0.989. The number of anilines is 2. The molecule has 3 heterocycles. The fraction of sp³-hybridized carbons (Fsp3) is 0.514. The Bertz CT molecular complexity index is 1720. The second-order valence-corrected chi connectivity index (χ2v) is 13.5. The van der Waals surface area contributed by atoms with Crippen molar-refractivity contribution < 1.29 is 18.3 Å². The van der Waals surface area contributed by atoms with Crippen molar-refractivity contribution in [2.24, 2.45) is 11.1 Å². The monoisotopic (exact) mass is 652 g/mol. The molecular formula is C35H46F2N6O2S. The molecule has 1 aromatic carbocycles. The number of thiophene rings is 1. The van der Waals surface area contributed by atoms with Crippen LogP contribution in [0.4, 0.5) is 19.6 Å². The molecule has 1 saturated carbocycles. The van der Waals surface area contributed by atoms with Gasteiger partial charge < -0.3 is 25.8 Å². The molecule has 2 aliphatic rings. The van der Waals surface area contributed by atoms with Crippen molar-refractivity contribution in [1.82, 2.24) is 9.97 Å². The number of halogens is 2. The number of nitrogens with zero attached hydrogens (tertiary/aromatic N) is 4. The molecular weight excluding hydrogens is 606 g/mol. The van der Waals surface area contributed by atoms with E-state index in [0.29, 0.717) is 47.0 Å². The lowest BCUT2D eigenvalue weighted by Gasteiger charge is -2.22. The van der Waals surface area contributed by atoms with Crippen molar-refractivity contribution in [3.8, 4) is 12.1 Å². The van der Waals surface area contributed by atoms with E-state index in [1.165, 1.54) is 6.08 Å². The number of rotatable bonds is 10. The van der Waals surface area contributed by atoms with E-state index in [2.05, 4.69) is 24.9 Å². The Morgan fingerprint density at radius 2 is 1.85 bits per heavy atom. The molecule has 4 N–H and O–H groups in total. The number of nitriles is 1. The lowest BCUT2D eigenvalue weighted by atomic mass is 9.84. The van der Waals surface area contributed by atoms with E-state index in [4.69, 9.17) is 25.9 Å². The third-order valence-corrected chi connectivity index (χ3v) is 10.0. The Hall–Kier alpha value is -3.59. The minimum atomic E-state index is -0.584. The van der Waals surface area contributed by atoms with E-state index in [1.54, 1.807) is 6.92 Å². The van der Waals surface area contributed by atoms with E-state index in [9.17, 15) is 5.26 Å². The Labute approximate surface area is 275 Å². The molecule has 1 aliphatic heterocycles. The van der Waals surface area contributed by atoms with E-state index in [1.807, 2.05) is 39.8 Å². The third-order valence-electron chi connectivity index (χ3n) is 9.01. The molecule has 2 aromatic heterocycles. The smallest absolute Gasteiger partial charge is 0.319 e. The highest BCUT2D eigenvalue weighted by Crippen LogP contribution is 2.50. The van der Waals surface area contributed by atoms with Crippen LogP contribution in [0.3, 0.4) is 0 Å². The van der Waals surface area contributed by atoms with Crippen LogP contribution in [-0.2, 0) is 18.0 Å². The molecule has 1 aliphatic carbocycles. The predicted molar refractivity (Wildman–Crippen MR) is 184 cm³/mol. The molecule has 8 nitrogen and oxygen atoms in total. The summed E-state index contributed by atoms with van der Waals surface area (Å²) in [7, 11) is 3.69. The first-order valence-electron chi connectivity index (χ1n) is 15.9. The average molecular weight is 653 g/mol. The topological polar surface area (TPSA) is 123 Å². The second-order valence-electron chi connectivity index (χ2n) is 12.4. The van der Waals surface area contributed by atoms with Gasteiger partial charge in [0, 0.05) is 36.7 Å². The lowest BCUT2D eigenvalue weighted by Crippen LogP contribution is -2.17. The van der Waals surface area contributed by atoms with Crippen molar-refractivity contribution in [2.75, 3.05) is 31.3 Å². The van der Waals surface area contributed by atoms with Gasteiger partial charge in [0.05, 0.1) is 35.6 Å². The minimum absolute atomic E-state index is 0.107. The summed E-state index contributed by atoms with van der Waals surface area (Å²) < 4.78 is 44.3. The molecule has 0 spiro atoms. The fourth-order valence-electron chi connectivity index (χ4n) is 5.46. The van der Waals surface area contributed by atoms with Crippen LogP contribution >= 0.6 is 11.3 Å². The normalized spacial score (nSPS) is 16.3. The molecule has 0 bridgehead atoms. The lowest BCUT2D eigenvalue weighted by molar-refractivity contribution is 0.134. The predicted octanol–water partition coefficient (Wildman–Crippen LogP) is 8.26. The van der Waals surface area contributed by atoms with Crippen LogP contribution in [0.15, 0.2) is 11.6 Å². The van der Waals surface area contributed by atoms with Crippen LogP contribution in [-0.4, -0.2) is 36.7 Å². The number of ether oxygens (including phenoxy) is 2. The molecule has 46 heavy (non-hydrogen) atoms. The highest BCUT2D eigenvalue weighted by Gasteiger charge is 2.42. The minimum Gasteiger partial charge on any atom is -0.463 e. The van der Waals surface area contributed by atoms with Crippen LogP contribution in [0.2, 0.25) is 0 Å². The maximum absolute atomic E-state index is 17.1. The zero-order chi connectivity index (χ0) is 33.9. The van der Waals surface area contributed by atoms with Gasteiger partial charge >= 0.3 is 6.01 Å². The van der Waals surface area contributed by atoms with Gasteiger partial charge in [0.15, 0.2) is 5.82 Å². The van der Waals surface area contributed by atoms with Gasteiger partial charge in [0.2, 0.25) is 0 Å². The summed E-state index contributed by atoms with van der Waals surface area (Å²) in [5.41, 5.74) is 15.1. The number of aromatic nitrogens is 2. The summed E-state index contributed by atoms with van der Waals surface area (Å²) in [5, 5.41) is 10.8. The van der Waals surface area contributed by atoms with Gasteiger partial charge in [-0.25, -0.2) is 8.78 Å². The van der Waals surface area contributed by atoms with Gasteiger partial charge in [0.25, 0.3) is 0 Å². The number of allylic oxidation sites excluding steroid dienone is 2. The van der Waals surface area contributed by atoms with Gasteiger partial charge in [-0.05, 0) is 69.6 Å². The average Bonchev–Trinajstić information content (AvgIpc) is 3.54. The summed E-state index contributed by atoms with van der Waals surface area (Å²) in [5.74, 6) is -0.569. The van der Waals surface area contributed by atoms with Crippen molar-refractivity contribution in [2.45, 2.75) is 92.9 Å². The van der Waals surface area contributed by atoms with Crippen LogP contribution in [0.25, 0.3) is 22.3 Å². The number of nitrogen functional groups attached to an aromatic ring is 1. The Balaban J connectivity index is 0.000000892. The number of nitrogens with two attached hydrogens (primary N) is 2. The summed E-state index contributed by atoms with van der Waals surface area (Å²) in [6.07, 6.45) is 6.11. The third kappa shape index (κ3) is 6.75. The molecule has 1 unspecified atom stereocenters. The first-order valence-corrected chi connectivity index (χ1v) is 16.7. The number of fused-ring (bicyclic) bond motifs is 3. The number of benzene rings is 1. The summed E-state index contributed by atoms with van der Waals surface area (Å²) in [6, 6.07) is 2.64. The van der Waals surface area contributed by atoms with Gasteiger partial charge in [-0.2, -0.15) is 15.2 Å². The Kier molecular flexibility index (Phi) is 11.1. The van der Waals surface area contributed by atoms with Gasteiger partial charge in [-0.3, -0.25) is 0 Å². The maximum atomic E-state index is 17.1. The van der Waals surface area contributed by atoms with E-state index in [-0.39, 0.29) is 51.2 Å². The quantitative estimate of drug-likeness (QED) is 0.224. The van der Waals surface area contributed by atoms with Gasteiger partial charge in [-0.1, -0.05) is 32.4 Å². The molecule has 1 atom stereocenters. The zero-order valence-electron chi connectivity index (χ0n) is 28.2. The molecule has 1 fully saturated rings. The van der Waals surface area contributed by atoms with Gasteiger partial charge in [0.1, 0.15) is 28.2 Å². The molecule has 3 aromatic rings. The van der Waals surface area contributed by atoms with E-state index in [0.717, 1.165) is 48.2 Å². The molecule has 248 valence electrons. The molecule has 5 rings (SSSR count). The van der Waals surface area contributed by atoms with Crippen LogP contribution in [0.5, 0.6) is 6.01 Å². The first-order chi connectivity index (χ1) is 21.9. The largest absolute Gasteiger partial charge is 0.463 e. The zero-order valence-corrected chi connectivity index (χ0v) is 29.1. The number of hydrogen-bond donors (Lipinski definition) is 2. The maximum Gasteiger partial charge on any atom is 0.319 e. The van der Waals surface area contributed by atoms with Gasteiger partial charge in [-0.15, -0.1) is 11.3 Å². The summed E-state index contributed by atoms with van der Waals surface area (Å²) in [4.78, 5) is 11.3. The van der Waals surface area contributed by atoms with Crippen LogP contribution < -0.4 is 21.1 Å². The Morgan fingerprint density at radius 1 is 1.20 bits per heavy atom. The van der Waals surface area contributed by atoms with Crippen molar-refractivity contribution >= 4 is 44.5 Å². The standard InChI is InChI=1S/C31H35F2N5O2S.C4H11N/c1-7-16(4)21(23-17(12-34)28(35)41-27(23)20(32)8-2)22-18-13-39-14-19(18)24-26(25(22)33)36-30(37-29(24)38(5)6)40-15-31(9-3)10-11-31;1-3-4(2)5/h8H,7,9-11,13-15,35H2,1-6H3;4H,3,5H2,1-2H3/b20-8+,21-16+;. The van der Waals surface area contributed by atoms with Crippen molar-refractivity contribution in [3.05, 3.63) is 50.2 Å². The number of hydrogen-bond acceptors (Lipinski definition) is 9. The highest BCUT2D eigenvalue weighted by atomic mass is 32.1. The van der Waals surface area contributed by atoms with Crippen LogP contribution in [0, 0.1) is 22.6 Å². The first kappa shape index (κ1) is 35.3. The molecule has 0 radical (unpaired) electrons. The van der Waals surface area contributed by atoms with E-state index < -0.39 is 11.6 Å². The summed E-state index contributed by atoms with van der Waals surface area (Å²) in [6.45, 7) is 12.5. The molecule has 11 heteroatoms. The highest BCUT2D eigenvalue weighted by molar-refractivity contribution is 7.17. The SMILES string of the molecule is C/C=C(/F)c1sc(N)c(C#N)c1/C(=C(\C)CC)c1c2c(c3c(N(C)C)nc(OCC4(CC)CC4)nc3c1F)COC2.CCC(C)N. The van der Waals surface area contributed by atoms with Crippen molar-refractivity contribution in [1.29, 1.82) is 5.26 Å². The Morgan fingerprint density at radius 3 is 2.37 bits per heavy atom. The van der Waals surface area contributed by atoms with E-state index >= 15 is 8.78 Å². The van der Waals surface area contributed by atoms with Crippen molar-refractivity contribution in [3.63, 3.8) is 0 Å². The fourth-order valence-corrected chi connectivity index (χ4v) is 6.45.